The van der Waals surface area contributed by atoms with Gasteiger partial charge in [0.25, 0.3) is 0 Å². The molecule has 0 unspecified atom stereocenters. The largest absolute Gasteiger partial charge is 0.419 e. The van der Waals surface area contributed by atoms with Gasteiger partial charge in [-0.05, 0) is 24.3 Å². The number of benzene rings is 2. The van der Waals surface area contributed by atoms with Crippen LogP contribution in [-0.4, -0.2) is 8.42 Å². The van der Waals surface area contributed by atoms with Crippen LogP contribution in [0.4, 0.5) is 26.3 Å². The van der Waals surface area contributed by atoms with Crippen molar-refractivity contribution in [1.82, 2.24) is 0 Å². The zero-order valence-electron chi connectivity index (χ0n) is 11.7. The van der Waals surface area contributed by atoms with Crippen LogP contribution in [0.5, 0.6) is 0 Å². The third-order valence-corrected chi connectivity index (χ3v) is 5.57. The highest BCUT2D eigenvalue weighted by Crippen LogP contribution is 2.44. The fraction of sp³-hybridized carbons (Fsp3) is 0.143. The molecule has 25 heavy (non-hydrogen) atoms. The molecule has 0 N–H and O–H groups in total. The lowest BCUT2D eigenvalue weighted by Crippen LogP contribution is -2.18. The number of rotatable bonds is 2. The number of sulfone groups is 1. The molecule has 136 valence electrons. The first kappa shape index (κ1) is 19.9. The molecule has 0 atom stereocenters. The molecule has 11 heteroatoms. The summed E-state index contributed by atoms with van der Waals surface area (Å²) in [6.07, 6.45) is -10.4. The fourth-order valence-corrected chi connectivity index (χ4v) is 4.54. The molecule has 0 amide bonds. The van der Waals surface area contributed by atoms with Crippen LogP contribution in [0.25, 0.3) is 0 Å². The molecule has 0 aliphatic heterocycles. The third kappa shape index (κ3) is 3.73. The Bertz CT molecular complexity index is 850. The van der Waals surface area contributed by atoms with E-state index < -0.39 is 53.2 Å². The average Bonchev–Trinajstić information content (AvgIpc) is 2.44. The van der Waals surface area contributed by atoms with Gasteiger partial charge in [0.05, 0.1) is 31.0 Å². The molecule has 0 heterocycles. The van der Waals surface area contributed by atoms with Gasteiger partial charge in [0.1, 0.15) is 0 Å². The Morgan fingerprint density at radius 3 is 1.28 bits per heavy atom. The van der Waals surface area contributed by atoms with Crippen molar-refractivity contribution in [1.29, 1.82) is 0 Å². The van der Waals surface area contributed by atoms with Crippen LogP contribution >= 0.6 is 23.2 Å². The molecule has 0 fully saturated rings. The molecule has 2 rings (SSSR count). The van der Waals surface area contributed by atoms with E-state index in [1.807, 2.05) is 0 Å². The highest BCUT2D eigenvalue weighted by molar-refractivity contribution is 7.91. The summed E-state index contributed by atoms with van der Waals surface area (Å²) < 4.78 is 104. The van der Waals surface area contributed by atoms with Crippen LogP contribution < -0.4 is 0 Å². The van der Waals surface area contributed by atoms with Crippen molar-refractivity contribution in [3.63, 3.8) is 0 Å². The lowest BCUT2D eigenvalue weighted by Gasteiger charge is -2.18. The zero-order valence-corrected chi connectivity index (χ0v) is 14.0. The standard InChI is InChI=1S/C14H6Cl2F6O2S/c15-7-3-1-5-9(11(7)13(17,18)19)25(23,24)10-6-2-4-8(16)12(10)14(20,21)22/h1-6H. The van der Waals surface area contributed by atoms with Gasteiger partial charge in [0.2, 0.25) is 9.84 Å². The molecule has 0 saturated heterocycles. The van der Waals surface area contributed by atoms with E-state index in [1.165, 1.54) is 0 Å². The molecule has 0 spiro atoms. The summed E-state index contributed by atoms with van der Waals surface area (Å²) in [5.74, 6) is 0. The van der Waals surface area contributed by atoms with Gasteiger partial charge < -0.3 is 0 Å². The Kier molecular flexibility index (Phi) is 5.06. The number of alkyl halides is 6. The first-order chi connectivity index (χ1) is 11.3. The number of hydrogen-bond acceptors (Lipinski definition) is 2. The molecular formula is C14H6Cl2F6O2S. The van der Waals surface area contributed by atoms with Gasteiger partial charge in [0.15, 0.2) is 0 Å². The first-order valence-electron chi connectivity index (χ1n) is 6.24. The second-order valence-electron chi connectivity index (χ2n) is 4.72. The van der Waals surface area contributed by atoms with Crippen molar-refractivity contribution in [2.75, 3.05) is 0 Å². The maximum Gasteiger partial charge on any atom is 0.419 e. The SMILES string of the molecule is O=S(=O)(c1cccc(Cl)c1C(F)(F)F)c1cccc(Cl)c1C(F)(F)F. The Hall–Kier alpha value is -1.45. The Morgan fingerprint density at radius 1 is 0.680 bits per heavy atom. The topological polar surface area (TPSA) is 34.1 Å². The molecular weight excluding hydrogens is 417 g/mol. The lowest BCUT2D eigenvalue weighted by molar-refractivity contribution is -0.140. The quantitative estimate of drug-likeness (QED) is 0.567. The highest BCUT2D eigenvalue weighted by atomic mass is 35.5. The second kappa shape index (κ2) is 6.37. The normalized spacial score (nSPS) is 13.1. The van der Waals surface area contributed by atoms with Crippen molar-refractivity contribution in [2.24, 2.45) is 0 Å². The maximum atomic E-state index is 13.2. The average molecular weight is 423 g/mol. The van der Waals surface area contributed by atoms with Crippen LogP contribution in [0.2, 0.25) is 10.0 Å². The van der Waals surface area contributed by atoms with Crippen LogP contribution in [0.15, 0.2) is 46.2 Å². The molecule has 0 aromatic heterocycles. The summed E-state index contributed by atoms with van der Waals surface area (Å²) in [6.45, 7) is 0. The van der Waals surface area contributed by atoms with Gasteiger partial charge in [-0.1, -0.05) is 35.3 Å². The van der Waals surface area contributed by atoms with E-state index in [1.54, 1.807) is 0 Å². The Morgan fingerprint density at radius 2 is 1.00 bits per heavy atom. The fourth-order valence-electron chi connectivity index (χ4n) is 2.13. The molecule has 2 aromatic rings. The summed E-state index contributed by atoms with van der Waals surface area (Å²) in [4.78, 5) is -2.78. The van der Waals surface area contributed by atoms with Crippen LogP contribution in [0.3, 0.4) is 0 Å². The highest BCUT2D eigenvalue weighted by Gasteiger charge is 2.44. The van der Waals surface area contributed by atoms with Gasteiger partial charge in [-0.3, -0.25) is 0 Å². The predicted molar refractivity (Wildman–Crippen MR) is 78.4 cm³/mol. The van der Waals surface area contributed by atoms with Gasteiger partial charge in [-0.25, -0.2) is 8.42 Å². The van der Waals surface area contributed by atoms with Crippen molar-refractivity contribution in [3.8, 4) is 0 Å². The molecule has 2 aromatic carbocycles. The van der Waals surface area contributed by atoms with E-state index in [-0.39, 0.29) is 0 Å². The van der Waals surface area contributed by atoms with Crippen LogP contribution in [0, 0.1) is 0 Å². The van der Waals surface area contributed by atoms with E-state index in [9.17, 15) is 34.8 Å². The van der Waals surface area contributed by atoms with E-state index >= 15 is 0 Å². The van der Waals surface area contributed by atoms with Crippen molar-refractivity contribution in [2.45, 2.75) is 22.1 Å². The van der Waals surface area contributed by atoms with Gasteiger partial charge in [-0.15, -0.1) is 0 Å². The van der Waals surface area contributed by atoms with Gasteiger partial charge in [0, 0.05) is 0 Å². The minimum absolute atomic E-state index is 0.533. The Balaban J connectivity index is 2.89. The summed E-state index contributed by atoms with van der Waals surface area (Å²) >= 11 is 10.9. The molecule has 0 radical (unpaired) electrons. The van der Waals surface area contributed by atoms with Gasteiger partial charge >= 0.3 is 12.4 Å². The maximum absolute atomic E-state index is 13.2. The van der Waals surface area contributed by atoms with Crippen LogP contribution in [0.1, 0.15) is 11.1 Å². The summed E-state index contributed by atoms with van der Waals surface area (Å²) in [5, 5.41) is -1.91. The van der Waals surface area contributed by atoms with Crippen molar-refractivity contribution >= 4 is 33.0 Å². The van der Waals surface area contributed by atoms with Gasteiger partial charge in [-0.2, -0.15) is 26.3 Å². The summed E-state index contributed by atoms with van der Waals surface area (Å²) in [5.41, 5.74) is -3.49. The van der Waals surface area contributed by atoms with E-state index in [2.05, 4.69) is 0 Å². The first-order valence-corrected chi connectivity index (χ1v) is 8.48. The minimum atomic E-state index is -5.22. The van der Waals surface area contributed by atoms with E-state index in [0.717, 1.165) is 24.3 Å². The van der Waals surface area contributed by atoms with Crippen LogP contribution in [-0.2, 0) is 22.2 Å². The predicted octanol–water partition coefficient (Wildman–Crippen LogP) is 5.86. The van der Waals surface area contributed by atoms with Crippen molar-refractivity contribution in [3.05, 3.63) is 57.6 Å². The van der Waals surface area contributed by atoms with Crippen molar-refractivity contribution < 1.29 is 34.8 Å². The Labute approximate surface area is 147 Å². The molecule has 0 saturated carbocycles. The lowest BCUT2D eigenvalue weighted by atomic mass is 10.2. The second-order valence-corrected chi connectivity index (χ2v) is 7.43. The van der Waals surface area contributed by atoms with E-state index in [0.29, 0.717) is 12.1 Å². The monoisotopic (exact) mass is 422 g/mol. The molecule has 2 nitrogen and oxygen atoms in total. The minimum Gasteiger partial charge on any atom is -0.218 e. The zero-order chi connectivity index (χ0) is 19.2. The van der Waals surface area contributed by atoms with E-state index in [4.69, 9.17) is 23.2 Å². The molecule has 0 aliphatic rings. The molecule has 0 bridgehead atoms. The smallest absolute Gasteiger partial charge is 0.218 e. The third-order valence-electron chi connectivity index (χ3n) is 3.10. The molecule has 0 aliphatic carbocycles. The number of halogens is 8. The summed E-state index contributed by atoms with van der Waals surface area (Å²) in [7, 11) is -5.22. The summed E-state index contributed by atoms with van der Waals surface area (Å²) in [6, 6.07) is 4.42. The number of hydrogen-bond donors (Lipinski definition) is 0.